The summed E-state index contributed by atoms with van der Waals surface area (Å²) in [6, 6.07) is 0. The van der Waals surface area contributed by atoms with Gasteiger partial charge in [-0.15, -0.1) is 0 Å². The Kier molecular flexibility index (Phi) is 5.31. The molecule has 7 heteroatoms. The number of allylic oxidation sites excluding steroid dienone is 1. The van der Waals surface area contributed by atoms with Crippen LogP contribution in [0.25, 0.3) is 0 Å². The van der Waals surface area contributed by atoms with Gasteiger partial charge in [-0.2, -0.15) is 0 Å². The first-order valence-electron chi connectivity index (χ1n) is 7.99. The largest absolute Gasteiger partial charge is 0.460 e. The minimum absolute atomic E-state index is 0.0204. The topological polar surface area (TPSA) is 75.3 Å². The number of nitrogens with one attached hydrogen (secondary N) is 2. The second-order valence-corrected chi connectivity index (χ2v) is 5.90. The van der Waals surface area contributed by atoms with Gasteiger partial charge >= 0.3 is 7.12 Å². The summed E-state index contributed by atoms with van der Waals surface area (Å²) in [5, 5.41) is 16.4. The van der Waals surface area contributed by atoms with E-state index >= 15 is 0 Å². The maximum atomic E-state index is 9.89. The lowest BCUT2D eigenvalue weighted by atomic mass is 9.63. The quantitative estimate of drug-likeness (QED) is 0.255. The van der Waals surface area contributed by atoms with Gasteiger partial charge < -0.3 is 19.2 Å². The molecule has 2 fully saturated rings. The molecule has 0 bridgehead atoms. The first kappa shape index (κ1) is 15.5. The van der Waals surface area contributed by atoms with Crippen LogP contribution in [0, 0.1) is 5.92 Å². The summed E-state index contributed by atoms with van der Waals surface area (Å²) in [4.78, 5) is 0. The highest BCUT2D eigenvalue weighted by molar-refractivity contribution is 6.46. The molecule has 2 heterocycles. The van der Waals surface area contributed by atoms with Gasteiger partial charge in [0.2, 0.25) is 0 Å². The fourth-order valence-electron chi connectivity index (χ4n) is 3.18. The Morgan fingerprint density at radius 1 is 1.38 bits per heavy atom. The van der Waals surface area contributed by atoms with Crippen LogP contribution in [0.4, 0.5) is 0 Å². The van der Waals surface area contributed by atoms with Gasteiger partial charge in [-0.3, -0.25) is 10.6 Å². The zero-order valence-electron chi connectivity index (χ0n) is 12.5. The van der Waals surface area contributed by atoms with Gasteiger partial charge in [-0.05, 0) is 31.8 Å². The van der Waals surface area contributed by atoms with Crippen molar-refractivity contribution in [2.24, 2.45) is 5.92 Å². The van der Waals surface area contributed by atoms with E-state index in [0.29, 0.717) is 19.1 Å². The van der Waals surface area contributed by atoms with E-state index in [0.717, 1.165) is 25.9 Å². The number of fused-ring (bicyclic) bond motifs is 1. The molecular formula is C14H25BN2O4. The Morgan fingerprint density at radius 3 is 3.10 bits per heavy atom. The molecular weight excluding hydrogens is 271 g/mol. The summed E-state index contributed by atoms with van der Waals surface area (Å²) in [6.07, 6.45) is 6.42. The van der Waals surface area contributed by atoms with Crippen LogP contribution in [0.1, 0.15) is 19.8 Å². The molecule has 3 N–H and O–H groups in total. The lowest BCUT2D eigenvalue weighted by Gasteiger charge is -2.28. The summed E-state index contributed by atoms with van der Waals surface area (Å²) in [5.41, 5.74) is 0. The minimum Gasteiger partial charge on any atom is -0.427 e. The van der Waals surface area contributed by atoms with Crippen molar-refractivity contribution in [1.82, 2.24) is 10.6 Å². The summed E-state index contributed by atoms with van der Waals surface area (Å²) in [6.45, 7) is 5.18. The van der Waals surface area contributed by atoms with Gasteiger partial charge in [0, 0.05) is 19.0 Å². The van der Waals surface area contributed by atoms with Gasteiger partial charge in [0.15, 0.2) is 12.5 Å². The Bertz CT molecular complexity index is 371. The SMILES string of the molecule is CCNC1OC1NCCCOC1C=CCC2COB(O)C21. The molecule has 0 aromatic rings. The van der Waals surface area contributed by atoms with Crippen molar-refractivity contribution in [1.29, 1.82) is 0 Å². The highest BCUT2D eigenvalue weighted by atomic mass is 16.6. The molecule has 0 aromatic carbocycles. The monoisotopic (exact) mass is 296 g/mol. The van der Waals surface area contributed by atoms with Crippen molar-refractivity contribution >= 4 is 7.12 Å². The molecule has 1 aliphatic carbocycles. The number of hydrogen-bond donors (Lipinski definition) is 3. The predicted molar refractivity (Wildman–Crippen MR) is 79.6 cm³/mol. The lowest BCUT2D eigenvalue weighted by molar-refractivity contribution is 0.0624. The van der Waals surface area contributed by atoms with Crippen molar-refractivity contribution in [2.75, 3.05) is 26.3 Å². The van der Waals surface area contributed by atoms with Crippen molar-refractivity contribution < 1.29 is 19.2 Å². The third-order valence-electron chi connectivity index (χ3n) is 4.37. The zero-order valence-corrected chi connectivity index (χ0v) is 12.5. The van der Waals surface area contributed by atoms with Crippen LogP contribution < -0.4 is 10.6 Å². The molecule has 0 radical (unpaired) electrons. The van der Waals surface area contributed by atoms with E-state index < -0.39 is 7.12 Å². The van der Waals surface area contributed by atoms with Crippen molar-refractivity contribution in [3.05, 3.63) is 12.2 Å². The Balaban J connectivity index is 1.30. The fourth-order valence-corrected chi connectivity index (χ4v) is 3.18. The lowest BCUT2D eigenvalue weighted by Crippen LogP contribution is -2.34. The standard InChI is InChI=1S/C14H25BN2O4/c1-2-16-13-14(21-13)17-7-4-8-19-11-6-3-5-10-9-20-15(18)12(10)11/h3,6,10-14,16-18H,2,4-5,7-9H2,1H3. The van der Waals surface area contributed by atoms with Gasteiger partial charge in [-0.1, -0.05) is 19.1 Å². The van der Waals surface area contributed by atoms with Crippen molar-refractivity contribution in [3.8, 4) is 0 Å². The summed E-state index contributed by atoms with van der Waals surface area (Å²) in [5.74, 6) is 0.488. The second kappa shape index (κ2) is 7.22. The molecule has 3 rings (SSSR count). The number of hydrogen-bond acceptors (Lipinski definition) is 6. The van der Waals surface area contributed by atoms with E-state index in [2.05, 4.69) is 29.7 Å². The average Bonchev–Trinajstić information content (AvgIpc) is 3.11. The summed E-state index contributed by atoms with van der Waals surface area (Å²) in [7, 11) is -0.677. The second-order valence-electron chi connectivity index (χ2n) is 5.90. The molecule has 0 aromatic heterocycles. The van der Waals surface area contributed by atoms with Gasteiger partial charge in [0.25, 0.3) is 0 Å². The van der Waals surface area contributed by atoms with E-state index in [4.69, 9.17) is 14.1 Å². The number of epoxide rings is 1. The molecule has 5 unspecified atom stereocenters. The van der Waals surface area contributed by atoms with Crippen LogP contribution in [-0.2, 0) is 14.1 Å². The van der Waals surface area contributed by atoms with Crippen LogP contribution in [0.5, 0.6) is 0 Å². The molecule has 2 aliphatic heterocycles. The molecule has 118 valence electrons. The Morgan fingerprint density at radius 2 is 2.24 bits per heavy atom. The molecule has 5 atom stereocenters. The molecule has 0 amide bonds. The molecule has 0 spiro atoms. The maximum absolute atomic E-state index is 9.89. The van der Waals surface area contributed by atoms with E-state index in [1.807, 2.05) is 0 Å². The van der Waals surface area contributed by atoms with E-state index in [1.54, 1.807) is 0 Å². The summed E-state index contributed by atoms with van der Waals surface area (Å²) >= 11 is 0. The van der Waals surface area contributed by atoms with Crippen LogP contribution >= 0.6 is 0 Å². The summed E-state index contributed by atoms with van der Waals surface area (Å²) < 4.78 is 16.7. The predicted octanol–water partition coefficient (Wildman–Crippen LogP) is 0.100. The van der Waals surface area contributed by atoms with Crippen LogP contribution in [0.15, 0.2) is 12.2 Å². The van der Waals surface area contributed by atoms with Crippen LogP contribution in [0.2, 0.25) is 5.82 Å². The Hall–Kier alpha value is -0.435. The normalized spacial score (nSPS) is 37.8. The smallest absolute Gasteiger partial charge is 0.427 e. The molecule has 3 aliphatic rings. The molecule has 2 saturated heterocycles. The number of likely N-dealkylation sites (N-methyl/N-ethyl adjacent to an activating group) is 1. The highest BCUT2D eigenvalue weighted by Gasteiger charge is 2.46. The van der Waals surface area contributed by atoms with Gasteiger partial charge in [0.1, 0.15) is 0 Å². The maximum Gasteiger partial charge on any atom is 0.460 e. The van der Waals surface area contributed by atoms with E-state index in [-0.39, 0.29) is 24.4 Å². The minimum atomic E-state index is -0.677. The first-order valence-corrected chi connectivity index (χ1v) is 7.99. The van der Waals surface area contributed by atoms with Crippen LogP contribution in [-0.4, -0.2) is 57.0 Å². The highest BCUT2D eigenvalue weighted by Crippen LogP contribution is 2.39. The van der Waals surface area contributed by atoms with E-state index in [9.17, 15) is 5.02 Å². The van der Waals surface area contributed by atoms with Gasteiger partial charge in [0.05, 0.1) is 6.10 Å². The third kappa shape index (κ3) is 3.86. The fraction of sp³-hybridized carbons (Fsp3) is 0.857. The van der Waals surface area contributed by atoms with Crippen molar-refractivity contribution in [3.63, 3.8) is 0 Å². The number of ether oxygens (including phenoxy) is 2. The van der Waals surface area contributed by atoms with Gasteiger partial charge in [-0.25, -0.2) is 0 Å². The van der Waals surface area contributed by atoms with Crippen molar-refractivity contribution in [2.45, 2.75) is 44.1 Å². The molecule has 0 saturated carbocycles. The first-order chi connectivity index (χ1) is 10.3. The third-order valence-corrected chi connectivity index (χ3v) is 4.37. The van der Waals surface area contributed by atoms with E-state index in [1.165, 1.54) is 0 Å². The van der Waals surface area contributed by atoms with Crippen LogP contribution in [0.3, 0.4) is 0 Å². The zero-order chi connectivity index (χ0) is 14.7. The number of rotatable bonds is 8. The molecule has 21 heavy (non-hydrogen) atoms. The Labute approximate surface area is 126 Å². The average molecular weight is 296 g/mol. The molecule has 6 nitrogen and oxygen atoms in total.